The second kappa shape index (κ2) is 6.62. The summed E-state index contributed by atoms with van der Waals surface area (Å²) < 4.78 is 12.0. The molecule has 2 saturated heterocycles. The smallest absolute Gasteiger partial charge is 0.319 e. The summed E-state index contributed by atoms with van der Waals surface area (Å²) in [5, 5.41) is 0. The molecule has 0 aromatic carbocycles. The quantitative estimate of drug-likeness (QED) is 0.849. The van der Waals surface area contributed by atoms with Crippen molar-refractivity contribution in [2.75, 3.05) is 27.2 Å². The van der Waals surface area contributed by atoms with E-state index in [1.807, 2.05) is 17.0 Å². The Kier molecular flexibility index (Phi) is 4.59. The lowest BCUT2D eigenvalue weighted by Crippen LogP contribution is -2.47. The Balaban J connectivity index is 1.67. The monoisotopic (exact) mass is 305 g/mol. The summed E-state index contributed by atoms with van der Waals surface area (Å²) in [6.07, 6.45) is 5.43. The van der Waals surface area contributed by atoms with Gasteiger partial charge in [-0.25, -0.2) is 4.79 Å². The Bertz CT molecular complexity index is 509. The van der Waals surface area contributed by atoms with Crippen LogP contribution < -0.4 is 0 Å². The van der Waals surface area contributed by atoms with E-state index in [0.29, 0.717) is 13.2 Å². The van der Waals surface area contributed by atoms with Crippen LogP contribution in [0.3, 0.4) is 0 Å². The molecular formula is C16H23N3O3. The van der Waals surface area contributed by atoms with Crippen molar-refractivity contribution in [3.8, 4) is 0 Å². The molecule has 3 atom stereocenters. The van der Waals surface area contributed by atoms with E-state index in [9.17, 15) is 4.79 Å². The fourth-order valence-electron chi connectivity index (χ4n) is 3.22. The van der Waals surface area contributed by atoms with Crippen molar-refractivity contribution in [2.45, 2.75) is 37.7 Å². The summed E-state index contributed by atoms with van der Waals surface area (Å²) in [6.45, 7) is 1.83. The number of hydrogen-bond acceptors (Lipinski definition) is 4. The molecular weight excluding hydrogens is 282 g/mol. The largest absolute Gasteiger partial charge is 0.373 e. The Morgan fingerprint density at radius 1 is 1.55 bits per heavy atom. The highest BCUT2D eigenvalue weighted by Crippen LogP contribution is 2.31. The maximum absolute atomic E-state index is 12.4. The van der Waals surface area contributed by atoms with E-state index in [1.165, 1.54) is 0 Å². The average molecular weight is 305 g/mol. The van der Waals surface area contributed by atoms with Gasteiger partial charge in [0.2, 0.25) is 0 Å². The van der Waals surface area contributed by atoms with Crippen LogP contribution in [-0.2, 0) is 16.1 Å². The van der Waals surface area contributed by atoms with Crippen LogP contribution in [0.25, 0.3) is 0 Å². The van der Waals surface area contributed by atoms with Crippen LogP contribution in [0, 0.1) is 0 Å². The fraction of sp³-hybridized carbons (Fsp3) is 0.625. The van der Waals surface area contributed by atoms with Crippen LogP contribution in [0.1, 0.15) is 18.4 Å². The van der Waals surface area contributed by atoms with Crippen molar-refractivity contribution in [3.05, 3.63) is 30.1 Å². The van der Waals surface area contributed by atoms with Crippen molar-refractivity contribution in [2.24, 2.45) is 0 Å². The molecule has 120 valence electrons. The number of carbonyl (C=O) groups is 1. The normalized spacial score (nSPS) is 27.5. The van der Waals surface area contributed by atoms with Gasteiger partial charge in [-0.2, -0.15) is 0 Å². The van der Waals surface area contributed by atoms with E-state index in [4.69, 9.17) is 9.47 Å². The Morgan fingerprint density at radius 3 is 3.14 bits per heavy atom. The van der Waals surface area contributed by atoms with Gasteiger partial charge in [-0.15, -0.1) is 0 Å². The molecule has 0 bridgehead atoms. The van der Waals surface area contributed by atoms with Crippen LogP contribution in [0.15, 0.2) is 24.5 Å². The van der Waals surface area contributed by atoms with Crippen molar-refractivity contribution in [3.63, 3.8) is 0 Å². The number of aromatic nitrogens is 1. The molecule has 2 aliphatic rings. The molecule has 0 radical (unpaired) electrons. The summed E-state index contributed by atoms with van der Waals surface area (Å²) in [5.74, 6) is 0. The predicted octanol–water partition coefficient (Wildman–Crippen LogP) is 1.51. The molecule has 2 fully saturated rings. The summed E-state index contributed by atoms with van der Waals surface area (Å²) in [7, 11) is 3.57. The van der Waals surface area contributed by atoms with E-state index in [-0.39, 0.29) is 24.3 Å². The van der Waals surface area contributed by atoms with Crippen molar-refractivity contribution >= 4 is 6.03 Å². The van der Waals surface area contributed by atoms with Crippen molar-refractivity contribution < 1.29 is 14.3 Å². The lowest BCUT2D eigenvalue weighted by atomic mass is 10.0. The zero-order valence-corrected chi connectivity index (χ0v) is 13.1. The van der Waals surface area contributed by atoms with E-state index in [2.05, 4.69) is 4.98 Å². The lowest BCUT2D eigenvalue weighted by Gasteiger charge is -2.33. The second-order valence-corrected chi connectivity index (χ2v) is 6.09. The van der Waals surface area contributed by atoms with Crippen LogP contribution in [0.5, 0.6) is 0 Å². The van der Waals surface area contributed by atoms with Crippen LogP contribution >= 0.6 is 0 Å². The zero-order valence-electron chi connectivity index (χ0n) is 13.1. The van der Waals surface area contributed by atoms with E-state index in [0.717, 1.165) is 25.0 Å². The summed E-state index contributed by atoms with van der Waals surface area (Å²) >= 11 is 0. The number of hydrogen-bond donors (Lipinski definition) is 0. The van der Waals surface area contributed by atoms with Gasteiger partial charge in [-0.3, -0.25) is 4.98 Å². The van der Waals surface area contributed by atoms with Gasteiger partial charge in [-0.05, 0) is 24.5 Å². The third kappa shape index (κ3) is 3.08. The highest BCUT2D eigenvalue weighted by Gasteiger charge is 2.47. The molecule has 1 aromatic rings. The molecule has 0 saturated carbocycles. The number of likely N-dealkylation sites (tertiary alicyclic amines) is 1. The first kappa shape index (κ1) is 15.2. The zero-order chi connectivity index (χ0) is 15.5. The summed E-state index contributed by atoms with van der Waals surface area (Å²) in [6, 6.07) is 4.05. The summed E-state index contributed by atoms with van der Waals surface area (Å²) in [4.78, 5) is 20.0. The molecule has 2 aliphatic heterocycles. The molecule has 0 unspecified atom stereocenters. The van der Waals surface area contributed by atoms with E-state index >= 15 is 0 Å². The highest BCUT2D eigenvalue weighted by molar-refractivity contribution is 5.74. The maximum Gasteiger partial charge on any atom is 0.319 e. The molecule has 0 N–H and O–H groups in total. The number of nitrogens with zero attached hydrogens (tertiary/aromatic N) is 3. The van der Waals surface area contributed by atoms with Crippen molar-refractivity contribution in [1.29, 1.82) is 0 Å². The lowest BCUT2D eigenvalue weighted by molar-refractivity contribution is -0.0809. The molecule has 0 spiro atoms. The van der Waals surface area contributed by atoms with Gasteiger partial charge >= 0.3 is 6.03 Å². The van der Waals surface area contributed by atoms with Gasteiger partial charge in [0.1, 0.15) is 12.2 Å². The maximum atomic E-state index is 12.4. The van der Waals surface area contributed by atoms with Gasteiger partial charge < -0.3 is 19.3 Å². The molecule has 0 aliphatic carbocycles. The van der Waals surface area contributed by atoms with Gasteiger partial charge in [-0.1, -0.05) is 6.07 Å². The first-order valence-corrected chi connectivity index (χ1v) is 7.77. The number of amides is 2. The Hall–Kier alpha value is -1.66. The first-order valence-electron chi connectivity index (χ1n) is 7.77. The minimum Gasteiger partial charge on any atom is -0.373 e. The fourth-order valence-corrected chi connectivity index (χ4v) is 3.22. The van der Waals surface area contributed by atoms with E-state index < -0.39 is 0 Å². The minimum absolute atomic E-state index is 0.0191. The van der Waals surface area contributed by atoms with Crippen LogP contribution in [0.4, 0.5) is 4.79 Å². The SMILES string of the molecule is CN(C)C(=O)N1C[C@H](OCc2cccnc2)[C@H]2OCCC[C@H]21. The second-order valence-electron chi connectivity index (χ2n) is 6.09. The average Bonchev–Trinajstić information content (AvgIpc) is 2.92. The molecule has 6 heteroatoms. The molecule has 6 nitrogen and oxygen atoms in total. The van der Waals surface area contributed by atoms with E-state index in [1.54, 1.807) is 31.4 Å². The molecule has 3 heterocycles. The third-order valence-corrected chi connectivity index (χ3v) is 4.29. The van der Waals surface area contributed by atoms with Gasteiger partial charge in [0.25, 0.3) is 0 Å². The highest BCUT2D eigenvalue weighted by atomic mass is 16.5. The summed E-state index contributed by atoms with van der Waals surface area (Å²) in [5.41, 5.74) is 1.03. The van der Waals surface area contributed by atoms with Gasteiger partial charge in [0.15, 0.2) is 0 Å². The molecule has 22 heavy (non-hydrogen) atoms. The Labute approximate surface area is 131 Å². The number of pyridine rings is 1. The predicted molar refractivity (Wildman–Crippen MR) is 81.4 cm³/mol. The number of urea groups is 1. The minimum atomic E-state index is -0.0746. The number of carbonyl (C=O) groups excluding carboxylic acids is 1. The van der Waals surface area contributed by atoms with Crippen LogP contribution in [0.2, 0.25) is 0 Å². The standard InChI is InChI=1S/C16H23N3O3/c1-18(2)16(20)19-10-14(15-13(19)6-4-8-21-15)22-11-12-5-3-7-17-9-12/h3,5,7,9,13-15H,4,6,8,10-11H2,1-2H3/t13-,14+,15+/m1/s1. The third-order valence-electron chi connectivity index (χ3n) is 4.29. The van der Waals surface area contributed by atoms with Crippen LogP contribution in [-0.4, -0.2) is 66.3 Å². The van der Waals surface area contributed by atoms with Crippen molar-refractivity contribution in [1.82, 2.24) is 14.8 Å². The number of rotatable bonds is 3. The number of fused-ring (bicyclic) bond motifs is 1. The topological polar surface area (TPSA) is 54.9 Å². The number of ether oxygens (including phenoxy) is 2. The van der Waals surface area contributed by atoms with Gasteiger partial charge in [0.05, 0.1) is 19.2 Å². The molecule has 1 aromatic heterocycles. The molecule has 3 rings (SSSR count). The molecule has 2 amide bonds. The van der Waals surface area contributed by atoms with Gasteiger partial charge in [0, 0.05) is 33.1 Å². The Morgan fingerprint density at radius 2 is 2.41 bits per heavy atom. The first-order chi connectivity index (χ1) is 10.7.